The Kier molecular flexibility index (Phi) is 6.29. The van der Waals surface area contributed by atoms with Crippen LogP contribution in [0.4, 0.5) is 10.1 Å². The zero-order chi connectivity index (χ0) is 20.1. The fourth-order valence-corrected chi connectivity index (χ4v) is 3.40. The van der Waals surface area contributed by atoms with E-state index in [1.54, 1.807) is 41.3 Å². The van der Waals surface area contributed by atoms with Crippen LogP contribution in [0.15, 0.2) is 54.6 Å². The summed E-state index contributed by atoms with van der Waals surface area (Å²) < 4.78 is 14.0. The molecule has 0 radical (unpaired) electrons. The van der Waals surface area contributed by atoms with E-state index in [2.05, 4.69) is 5.32 Å². The van der Waals surface area contributed by atoms with Gasteiger partial charge in [-0.25, -0.2) is 4.39 Å². The Morgan fingerprint density at radius 2 is 1.54 bits per heavy atom. The summed E-state index contributed by atoms with van der Waals surface area (Å²) in [6, 6.07) is 15.0. The largest absolute Gasteiger partial charge is 0.366 e. The molecule has 0 unspecified atom stereocenters. The van der Waals surface area contributed by atoms with E-state index in [4.69, 9.17) is 0 Å². The maximum atomic E-state index is 14.0. The second-order valence-electron chi connectivity index (χ2n) is 7.32. The summed E-state index contributed by atoms with van der Waals surface area (Å²) >= 11 is 0. The SMILES string of the molecule is CC(C)[C@H](NC(=O)c1ccccc1)C(=O)N1CCN(c2ccccc2F)CC1. The van der Waals surface area contributed by atoms with Crippen LogP contribution < -0.4 is 10.2 Å². The van der Waals surface area contributed by atoms with Crippen LogP contribution in [0.3, 0.4) is 0 Å². The smallest absolute Gasteiger partial charge is 0.251 e. The maximum Gasteiger partial charge on any atom is 0.251 e. The van der Waals surface area contributed by atoms with Crippen molar-refractivity contribution < 1.29 is 14.0 Å². The van der Waals surface area contributed by atoms with E-state index in [0.717, 1.165) is 0 Å². The molecule has 0 spiro atoms. The van der Waals surface area contributed by atoms with E-state index < -0.39 is 6.04 Å². The van der Waals surface area contributed by atoms with Gasteiger partial charge in [0.2, 0.25) is 5.91 Å². The number of carbonyl (C=O) groups is 2. The molecule has 1 fully saturated rings. The third-order valence-corrected chi connectivity index (χ3v) is 5.04. The average molecular weight is 383 g/mol. The normalized spacial score (nSPS) is 15.4. The molecule has 1 aliphatic heterocycles. The zero-order valence-corrected chi connectivity index (χ0v) is 16.3. The van der Waals surface area contributed by atoms with E-state index in [1.165, 1.54) is 6.07 Å². The van der Waals surface area contributed by atoms with Crippen LogP contribution in [0.25, 0.3) is 0 Å². The van der Waals surface area contributed by atoms with Crippen molar-refractivity contribution in [2.24, 2.45) is 5.92 Å². The summed E-state index contributed by atoms with van der Waals surface area (Å²) in [5.74, 6) is -0.632. The molecule has 1 heterocycles. The van der Waals surface area contributed by atoms with Crippen LogP contribution in [0.1, 0.15) is 24.2 Å². The molecule has 2 aromatic carbocycles. The fraction of sp³-hybridized carbons (Fsp3) is 0.364. The summed E-state index contributed by atoms with van der Waals surface area (Å²) in [4.78, 5) is 29.2. The number of para-hydroxylation sites is 1. The van der Waals surface area contributed by atoms with Gasteiger partial charge >= 0.3 is 0 Å². The van der Waals surface area contributed by atoms with Crippen molar-refractivity contribution in [3.8, 4) is 0 Å². The van der Waals surface area contributed by atoms with Crippen molar-refractivity contribution in [3.63, 3.8) is 0 Å². The number of nitrogens with one attached hydrogen (secondary N) is 1. The second kappa shape index (κ2) is 8.87. The number of halogens is 1. The van der Waals surface area contributed by atoms with Gasteiger partial charge in [0.05, 0.1) is 5.69 Å². The lowest BCUT2D eigenvalue weighted by atomic mass is 10.0. The van der Waals surface area contributed by atoms with Crippen molar-refractivity contribution in [2.75, 3.05) is 31.1 Å². The topological polar surface area (TPSA) is 52.7 Å². The number of anilines is 1. The van der Waals surface area contributed by atoms with Gasteiger partial charge in [0, 0.05) is 31.7 Å². The highest BCUT2D eigenvalue weighted by atomic mass is 19.1. The summed E-state index contributed by atoms with van der Waals surface area (Å²) in [6.45, 7) is 5.95. The Balaban J connectivity index is 1.63. The van der Waals surface area contributed by atoms with E-state index in [1.807, 2.05) is 30.9 Å². The standard InChI is InChI=1S/C22H26FN3O2/c1-16(2)20(24-21(27)17-8-4-3-5-9-17)22(28)26-14-12-25(13-15-26)19-11-7-6-10-18(19)23/h3-11,16,20H,12-15H2,1-2H3,(H,24,27)/t20-/m0/s1. The number of benzene rings is 2. The molecule has 1 saturated heterocycles. The lowest BCUT2D eigenvalue weighted by molar-refractivity contribution is -0.134. The Hall–Kier alpha value is -2.89. The van der Waals surface area contributed by atoms with Gasteiger partial charge in [-0.1, -0.05) is 44.2 Å². The van der Waals surface area contributed by atoms with Gasteiger partial charge in [-0.2, -0.15) is 0 Å². The summed E-state index contributed by atoms with van der Waals surface area (Å²) in [7, 11) is 0. The number of hydrogen-bond acceptors (Lipinski definition) is 3. The fourth-order valence-electron chi connectivity index (χ4n) is 3.40. The lowest BCUT2D eigenvalue weighted by Crippen LogP contribution is -2.56. The van der Waals surface area contributed by atoms with Gasteiger partial charge in [-0.05, 0) is 30.2 Å². The Bertz CT molecular complexity index is 818. The van der Waals surface area contributed by atoms with Crippen LogP contribution in [-0.2, 0) is 4.79 Å². The highest BCUT2D eigenvalue weighted by Crippen LogP contribution is 2.21. The van der Waals surface area contributed by atoms with Gasteiger partial charge in [-0.15, -0.1) is 0 Å². The highest BCUT2D eigenvalue weighted by Gasteiger charge is 2.31. The predicted molar refractivity (Wildman–Crippen MR) is 108 cm³/mol. The Morgan fingerprint density at radius 1 is 0.929 bits per heavy atom. The average Bonchev–Trinajstić information content (AvgIpc) is 2.72. The van der Waals surface area contributed by atoms with Crippen LogP contribution in [-0.4, -0.2) is 48.9 Å². The number of piperazine rings is 1. The van der Waals surface area contributed by atoms with Crippen molar-refractivity contribution in [2.45, 2.75) is 19.9 Å². The van der Waals surface area contributed by atoms with Gasteiger partial charge in [0.1, 0.15) is 11.9 Å². The molecule has 2 aromatic rings. The summed E-state index contributed by atoms with van der Waals surface area (Å²) in [5, 5.41) is 2.88. The molecule has 28 heavy (non-hydrogen) atoms. The Labute approximate surface area is 165 Å². The monoisotopic (exact) mass is 383 g/mol. The van der Waals surface area contributed by atoms with Gasteiger partial charge < -0.3 is 15.1 Å². The number of carbonyl (C=O) groups excluding carboxylic acids is 2. The predicted octanol–water partition coefficient (Wildman–Crippen LogP) is 2.93. The lowest BCUT2D eigenvalue weighted by Gasteiger charge is -2.38. The van der Waals surface area contributed by atoms with E-state index >= 15 is 0 Å². The third kappa shape index (κ3) is 4.50. The molecule has 0 aliphatic carbocycles. The minimum absolute atomic E-state index is 0.0373. The van der Waals surface area contributed by atoms with Crippen molar-refractivity contribution in [1.82, 2.24) is 10.2 Å². The first-order valence-corrected chi connectivity index (χ1v) is 9.61. The Morgan fingerprint density at radius 3 is 2.14 bits per heavy atom. The van der Waals surface area contributed by atoms with E-state index in [9.17, 15) is 14.0 Å². The van der Waals surface area contributed by atoms with Crippen molar-refractivity contribution >= 4 is 17.5 Å². The first kappa shape index (κ1) is 19.9. The molecule has 0 bridgehead atoms. The molecule has 3 rings (SSSR count). The van der Waals surface area contributed by atoms with Crippen LogP contribution in [0.2, 0.25) is 0 Å². The number of hydrogen-bond donors (Lipinski definition) is 1. The van der Waals surface area contributed by atoms with Gasteiger partial charge in [0.25, 0.3) is 5.91 Å². The minimum atomic E-state index is -0.590. The first-order valence-electron chi connectivity index (χ1n) is 9.61. The van der Waals surface area contributed by atoms with Gasteiger partial charge in [-0.3, -0.25) is 9.59 Å². The molecule has 1 aliphatic rings. The zero-order valence-electron chi connectivity index (χ0n) is 16.3. The first-order chi connectivity index (χ1) is 13.5. The minimum Gasteiger partial charge on any atom is -0.366 e. The molecule has 0 aromatic heterocycles. The molecular formula is C22H26FN3O2. The summed E-state index contributed by atoms with van der Waals surface area (Å²) in [5.41, 5.74) is 1.10. The molecule has 1 N–H and O–H groups in total. The number of nitrogens with zero attached hydrogens (tertiary/aromatic N) is 2. The molecule has 148 valence electrons. The van der Waals surface area contributed by atoms with Crippen LogP contribution in [0, 0.1) is 11.7 Å². The van der Waals surface area contributed by atoms with E-state index in [0.29, 0.717) is 37.4 Å². The molecule has 0 saturated carbocycles. The maximum absolute atomic E-state index is 14.0. The quantitative estimate of drug-likeness (QED) is 0.864. The van der Waals surface area contributed by atoms with Crippen LogP contribution in [0.5, 0.6) is 0 Å². The highest BCUT2D eigenvalue weighted by molar-refractivity contribution is 5.97. The number of amides is 2. The number of rotatable bonds is 5. The van der Waals surface area contributed by atoms with Crippen LogP contribution >= 0.6 is 0 Å². The third-order valence-electron chi connectivity index (χ3n) is 5.04. The molecule has 5 nitrogen and oxygen atoms in total. The second-order valence-corrected chi connectivity index (χ2v) is 7.32. The molecule has 6 heteroatoms. The van der Waals surface area contributed by atoms with Gasteiger partial charge in [0.15, 0.2) is 0 Å². The molecular weight excluding hydrogens is 357 g/mol. The summed E-state index contributed by atoms with van der Waals surface area (Å²) in [6.07, 6.45) is 0. The van der Waals surface area contributed by atoms with Crippen molar-refractivity contribution in [3.05, 3.63) is 66.0 Å². The van der Waals surface area contributed by atoms with Crippen molar-refractivity contribution in [1.29, 1.82) is 0 Å². The van der Waals surface area contributed by atoms with E-state index in [-0.39, 0.29) is 23.5 Å². The molecule has 2 amide bonds. The molecule has 1 atom stereocenters.